The van der Waals surface area contributed by atoms with E-state index in [1.807, 2.05) is 18.2 Å². The molecule has 0 N–H and O–H groups in total. The number of nitrogens with zero attached hydrogens (tertiary/aromatic N) is 4. The fraction of sp³-hybridized carbons (Fsp3) is 0.167. The molecule has 0 fully saturated rings. The molecular formula is C18H13F3N4S. The first-order valence-corrected chi connectivity index (χ1v) is 8.75. The normalized spacial score (nSPS) is 12.0. The molecule has 0 aliphatic heterocycles. The van der Waals surface area contributed by atoms with E-state index in [4.69, 9.17) is 0 Å². The van der Waals surface area contributed by atoms with E-state index in [1.165, 1.54) is 29.0 Å². The molecule has 0 spiro atoms. The van der Waals surface area contributed by atoms with E-state index in [-0.39, 0.29) is 0 Å². The lowest BCUT2D eigenvalue weighted by Gasteiger charge is -2.06. The van der Waals surface area contributed by atoms with Crippen molar-refractivity contribution in [3.63, 3.8) is 0 Å². The lowest BCUT2D eigenvalue weighted by Crippen LogP contribution is -2.04. The molecule has 0 aliphatic rings. The standard InChI is InChI=1S/C18H13F3N4S/c19-18(20,21)14-9-7-13(8-10-14)16-22-23-17-25(16)24-15(26-17)11-6-12-4-2-1-3-5-12/h1-5,7-10H,6,11H2. The highest BCUT2D eigenvalue weighted by atomic mass is 32.1. The van der Waals surface area contributed by atoms with E-state index in [0.717, 1.165) is 30.0 Å². The molecule has 0 aliphatic carbocycles. The summed E-state index contributed by atoms with van der Waals surface area (Å²) in [7, 11) is 0. The van der Waals surface area contributed by atoms with Crippen LogP contribution in [0.3, 0.4) is 0 Å². The maximum atomic E-state index is 12.7. The van der Waals surface area contributed by atoms with Crippen LogP contribution in [0.1, 0.15) is 16.1 Å². The molecule has 132 valence electrons. The van der Waals surface area contributed by atoms with Crippen molar-refractivity contribution in [2.24, 2.45) is 0 Å². The summed E-state index contributed by atoms with van der Waals surface area (Å²) in [4.78, 5) is 0.628. The van der Waals surface area contributed by atoms with Crippen molar-refractivity contribution in [1.29, 1.82) is 0 Å². The minimum absolute atomic E-state index is 0.441. The van der Waals surface area contributed by atoms with Crippen LogP contribution in [-0.4, -0.2) is 19.8 Å². The Labute approximate surface area is 150 Å². The molecule has 0 saturated carbocycles. The summed E-state index contributed by atoms with van der Waals surface area (Å²) in [6.07, 6.45) is -2.73. The van der Waals surface area contributed by atoms with Crippen molar-refractivity contribution in [1.82, 2.24) is 19.8 Å². The zero-order valence-corrected chi connectivity index (χ0v) is 14.3. The van der Waals surface area contributed by atoms with Crippen molar-refractivity contribution < 1.29 is 13.2 Å². The van der Waals surface area contributed by atoms with Gasteiger partial charge in [-0.3, -0.25) is 0 Å². The van der Waals surface area contributed by atoms with Gasteiger partial charge in [-0.25, -0.2) is 0 Å². The summed E-state index contributed by atoms with van der Waals surface area (Å²) in [5.41, 5.74) is 1.08. The van der Waals surface area contributed by atoms with Gasteiger partial charge in [0.2, 0.25) is 4.96 Å². The molecule has 2 aromatic carbocycles. The average Bonchev–Trinajstić information content (AvgIpc) is 3.20. The third-order valence-corrected chi connectivity index (χ3v) is 4.93. The van der Waals surface area contributed by atoms with Gasteiger partial charge in [-0.15, -0.1) is 10.2 Å². The monoisotopic (exact) mass is 374 g/mol. The Bertz CT molecular complexity index is 1020. The fourth-order valence-electron chi connectivity index (χ4n) is 2.64. The van der Waals surface area contributed by atoms with Crippen LogP contribution in [0, 0.1) is 0 Å². The van der Waals surface area contributed by atoms with Gasteiger partial charge < -0.3 is 0 Å². The molecule has 0 saturated heterocycles. The van der Waals surface area contributed by atoms with Crippen molar-refractivity contribution in [2.75, 3.05) is 0 Å². The summed E-state index contributed by atoms with van der Waals surface area (Å²) in [5.74, 6) is 0.441. The molecule has 26 heavy (non-hydrogen) atoms. The van der Waals surface area contributed by atoms with Gasteiger partial charge in [-0.1, -0.05) is 53.8 Å². The van der Waals surface area contributed by atoms with Gasteiger partial charge in [0.1, 0.15) is 5.01 Å². The Hall–Kier alpha value is -2.74. The van der Waals surface area contributed by atoms with Crippen LogP contribution in [0.4, 0.5) is 13.2 Å². The molecule has 0 amide bonds. The number of hydrogen-bond donors (Lipinski definition) is 0. The maximum Gasteiger partial charge on any atom is 0.416 e. The number of aromatic nitrogens is 4. The van der Waals surface area contributed by atoms with Gasteiger partial charge in [-0.05, 0) is 24.1 Å². The third-order valence-electron chi connectivity index (χ3n) is 3.97. The highest BCUT2D eigenvalue weighted by Gasteiger charge is 2.30. The van der Waals surface area contributed by atoms with E-state index in [2.05, 4.69) is 27.4 Å². The maximum absolute atomic E-state index is 12.7. The summed E-state index contributed by atoms with van der Waals surface area (Å²) in [6, 6.07) is 15.0. The minimum Gasteiger partial charge on any atom is -0.183 e. The molecule has 4 aromatic rings. The van der Waals surface area contributed by atoms with Gasteiger partial charge in [0.05, 0.1) is 5.56 Å². The molecule has 2 heterocycles. The predicted molar refractivity (Wildman–Crippen MR) is 92.9 cm³/mol. The molecule has 4 rings (SSSR count). The molecule has 0 radical (unpaired) electrons. The van der Waals surface area contributed by atoms with Crippen molar-refractivity contribution in [3.05, 3.63) is 70.7 Å². The smallest absolute Gasteiger partial charge is 0.183 e. The van der Waals surface area contributed by atoms with Crippen molar-refractivity contribution >= 4 is 16.3 Å². The first-order chi connectivity index (χ1) is 12.5. The zero-order chi connectivity index (χ0) is 18.1. The average molecular weight is 374 g/mol. The largest absolute Gasteiger partial charge is 0.416 e. The van der Waals surface area contributed by atoms with Crippen molar-refractivity contribution in [2.45, 2.75) is 19.0 Å². The molecular weight excluding hydrogens is 361 g/mol. The Balaban J connectivity index is 1.58. The quantitative estimate of drug-likeness (QED) is 0.522. The van der Waals surface area contributed by atoms with E-state index >= 15 is 0 Å². The van der Waals surface area contributed by atoms with Crippen LogP contribution in [0.5, 0.6) is 0 Å². The number of alkyl halides is 3. The Morgan fingerprint density at radius 3 is 2.31 bits per heavy atom. The molecule has 2 aromatic heterocycles. The Kier molecular flexibility index (Phi) is 4.20. The molecule has 0 bridgehead atoms. The van der Waals surface area contributed by atoms with Crippen LogP contribution < -0.4 is 0 Å². The topological polar surface area (TPSA) is 43.1 Å². The Morgan fingerprint density at radius 1 is 0.885 bits per heavy atom. The lowest BCUT2D eigenvalue weighted by atomic mass is 10.1. The summed E-state index contributed by atoms with van der Waals surface area (Å²) >= 11 is 1.44. The highest BCUT2D eigenvalue weighted by Crippen LogP contribution is 2.31. The third kappa shape index (κ3) is 3.32. The molecule has 8 heteroatoms. The number of rotatable bonds is 4. The number of hydrogen-bond acceptors (Lipinski definition) is 4. The van der Waals surface area contributed by atoms with Crippen LogP contribution in [-0.2, 0) is 19.0 Å². The SMILES string of the molecule is FC(F)(F)c1ccc(-c2nnc3sc(CCc4ccccc4)nn23)cc1. The van der Waals surface area contributed by atoms with E-state index in [9.17, 15) is 13.2 Å². The summed E-state index contributed by atoms with van der Waals surface area (Å²) in [6.45, 7) is 0. The second-order valence-electron chi connectivity index (χ2n) is 5.77. The second-order valence-corrected chi connectivity index (χ2v) is 6.82. The summed E-state index contributed by atoms with van der Waals surface area (Å²) < 4.78 is 39.7. The molecule has 0 unspecified atom stereocenters. The minimum atomic E-state index is -4.36. The van der Waals surface area contributed by atoms with E-state index < -0.39 is 11.7 Å². The lowest BCUT2D eigenvalue weighted by molar-refractivity contribution is -0.137. The highest BCUT2D eigenvalue weighted by molar-refractivity contribution is 7.16. The first-order valence-electron chi connectivity index (χ1n) is 7.93. The van der Waals surface area contributed by atoms with E-state index in [0.29, 0.717) is 16.3 Å². The number of fused-ring (bicyclic) bond motifs is 1. The van der Waals surface area contributed by atoms with Gasteiger partial charge in [0, 0.05) is 12.0 Å². The van der Waals surface area contributed by atoms with Crippen LogP contribution in [0.25, 0.3) is 16.3 Å². The fourth-order valence-corrected chi connectivity index (χ4v) is 3.47. The van der Waals surface area contributed by atoms with Crippen LogP contribution >= 0.6 is 11.3 Å². The van der Waals surface area contributed by atoms with Gasteiger partial charge in [-0.2, -0.15) is 22.8 Å². The number of halogens is 3. The zero-order valence-electron chi connectivity index (χ0n) is 13.4. The number of benzene rings is 2. The second kappa shape index (κ2) is 6.53. The van der Waals surface area contributed by atoms with Gasteiger partial charge in [0.15, 0.2) is 5.82 Å². The summed E-state index contributed by atoms with van der Waals surface area (Å²) in [5, 5.41) is 13.6. The van der Waals surface area contributed by atoms with Crippen molar-refractivity contribution in [3.8, 4) is 11.4 Å². The first kappa shape index (κ1) is 16.7. The van der Waals surface area contributed by atoms with Gasteiger partial charge >= 0.3 is 6.18 Å². The van der Waals surface area contributed by atoms with Crippen LogP contribution in [0.2, 0.25) is 0 Å². The molecule has 4 nitrogen and oxygen atoms in total. The predicted octanol–water partition coefficient (Wildman–Crippen LogP) is 4.66. The van der Waals surface area contributed by atoms with Crippen LogP contribution in [0.15, 0.2) is 54.6 Å². The number of aryl methyl sites for hydroxylation is 2. The van der Waals surface area contributed by atoms with E-state index in [1.54, 1.807) is 4.52 Å². The Morgan fingerprint density at radius 2 is 1.62 bits per heavy atom. The molecule has 0 atom stereocenters. The van der Waals surface area contributed by atoms with Gasteiger partial charge in [0.25, 0.3) is 0 Å².